The number of nitrogens with zero attached hydrogens (tertiary/aromatic N) is 4. The topological polar surface area (TPSA) is 99.7 Å². The third-order valence-electron chi connectivity index (χ3n) is 4.55. The molecule has 8 nitrogen and oxygen atoms in total. The molecular weight excluding hydrogens is 368 g/mol. The number of aromatic hydroxyl groups is 1. The van der Waals surface area contributed by atoms with Crippen molar-refractivity contribution in [3.63, 3.8) is 0 Å². The third kappa shape index (κ3) is 4.29. The van der Waals surface area contributed by atoms with Crippen LogP contribution in [0.15, 0.2) is 35.6 Å². The Bertz CT molecular complexity index is 1100. The van der Waals surface area contributed by atoms with Crippen molar-refractivity contribution >= 4 is 28.2 Å². The molecule has 1 amide bonds. The number of nitrogens with one attached hydrogen (secondary N) is 2. The lowest BCUT2D eigenvalue weighted by Gasteiger charge is -2.06. The van der Waals surface area contributed by atoms with Gasteiger partial charge in [0, 0.05) is 22.5 Å². The maximum absolute atomic E-state index is 12.4. The Morgan fingerprint density at radius 3 is 2.90 bits per heavy atom. The predicted molar refractivity (Wildman–Crippen MR) is 113 cm³/mol. The Labute approximate surface area is 169 Å². The van der Waals surface area contributed by atoms with Gasteiger partial charge >= 0.3 is 0 Å². The summed E-state index contributed by atoms with van der Waals surface area (Å²) in [4.78, 5) is 23.2. The molecule has 0 unspecified atom stereocenters. The maximum Gasteiger partial charge on any atom is 0.251 e. The molecule has 0 aliphatic heterocycles. The number of hydrogen-bond acceptors (Lipinski definition) is 4. The molecule has 8 heteroatoms. The van der Waals surface area contributed by atoms with E-state index >= 15 is 0 Å². The molecule has 3 N–H and O–H groups in total. The highest BCUT2D eigenvalue weighted by Crippen LogP contribution is 2.31. The maximum atomic E-state index is 12.4. The fourth-order valence-corrected chi connectivity index (χ4v) is 3.07. The van der Waals surface area contributed by atoms with Crippen molar-refractivity contribution in [3.05, 3.63) is 53.1 Å². The number of H-pyrrole nitrogens is 1. The number of aromatic nitrogens is 3. The third-order valence-corrected chi connectivity index (χ3v) is 4.55. The monoisotopic (exact) mass is 392 g/mol. The van der Waals surface area contributed by atoms with Gasteiger partial charge in [0.15, 0.2) is 5.88 Å². The molecule has 29 heavy (non-hydrogen) atoms. The van der Waals surface area contributed by atoms with Crippen molar-refractivity contribution in [1.29, 1.82) is 0 Å². The molecule has 2 heterocycles. The van der Waals surface area contributed by atoms with Crippen LogP contribution in [-0.2, 0) is 0 Å². The van der Waals surface area contributed by atoms with Gasteiger partial charge in [-0.2, -0.15) is 5.10 Å². The van der Waals surface area contributed by atoms with Gasteiger partial charge in [-0.05, 0) is 38.5 Å². The molecule has 0 spiro atoms. The Balaban J connectivity index is 2.01. The van der Waals surface area contributed by atoms with Gasteiger partial charge in [0.25, 0.3) is 5.91 Å². The SMILES string of the molecule is [C-]#[N+]CCNC(=O)c1ccc2[nH]c(O)c(C(CC)=Nc3cnn(C(C)C)c3)c2c1. The molecular formula is C21H24N6O2. The first-order valence-electron chi connectivity index (χ1n) is 9.52. The molecule has 0 aliphatic carbocycles. The number of aliphatic imine (C=N–C) groups is 1. The van der Waals surface area contributed by atoms with E-state index in [1.54, 1.807) is 24.4 Å². The minimum Gasteiger partial charge on any atom is -0.494 e. The van der Waals surface area contributed by atoms with Gasteiger partial charge in [0.1, 0.15) is 5.69 Å². The minimum atomic E-state index is -0.254. The molecule has 0 fully saturated rings. The van der Waals surface area contributed by atoms with Crippen LogP contribution in [-0.4, -0.2) is 44.6 Å². The highest BCUT2D eigenvalue weighted by atomic mass is 16.3. The van der Waals surface area contributed by atoms with Crippen LogP contribution in [0.2, 0.25) is 0 Å². The molecule has 0 saturated carbocycles. The van der Waals surface area contributed by atoms with Gasteiger partial charge in [0.05, 0.1) is 30.2 Å². The molecule has 0 aliphatic rings. The lowest BCUT2D eigenvalue weighted by molar-refractivity contribution is 0.0955. The lowest BCUT2D eigenvalue weighted by Crippen LogP contribution is -2.25. The number of hydrogen-bond donors (Lipinski definition) is 3. The van der Waals surface area contributed by atoms with E-state index in [2.05, 4.69) is 25.2 Å². The zero-order chi connectivity index (χ0) is 21.0. The summed E-state index contributed by atoms with van der Waals surface area (Å²) in [6, 6.07) is 5.41. The summed E-state index contributed by atoms with van der Waals surface area (Å²) in [7, 11) is 0. The highest BCUT2D eigenvalue weighted by Gasteiger charge is 2.18. The zero-order valence-corrected chi connectivity index (χ0v) is 16.7. The average molecular weight is 392 g/mol. The zero-order valence-electron chi connectivity index (χ0n) is 16.7. The number of amides is 1. The second kappa shape index (κ2) is 8.61. The van der Waals surface area contributed by atoms with E-state index in [1.807, 2.05) is 31.6 Å². The Morgan fingerprint density at radius 1 is 1.45 bits per heavy atom. The first kappa shape index (κ1) is 20.1. The van der Waals surface area contributed by atoms with Crippen LogP contribution in [0.25, 0.3) is 15.7 Å². The summed E-state index contributed by atoms with van der Waals surface area (Å²) in [5.74, 6) is -0.238. The molecule has 2 aromatic heterocycles. The van der Waals surface area contributed by atoms with Crippen molar-refractivity contribution in [1.82, 2.24) is 20.1 Å². The number of aromatic amines is 1. The molecule has 0 saturated heterocycles. The van der Waals surface area contributed by atoms with Gasteiger partial charge in [-0.3, -0.25) is 9.48 Å². The summed E-state index contributed by atoms with van der Waals surface area (Å²) >= 11 is 0. The summed E-state index contributed by atoms with van der Waals surface area (Å²) in [6.45, 7) is 13.4. The van der Waals surface area contributed by atoms with Crippen LogP contribution >= 0.6 is 0 Å². The Kier molecular flexibility index (Phi) is 5.98. The van der Waals surface area contributed by atoms with Crippen LogP contribution in [0, 0.1) is 6.57 Å². The highest BCUT2D eigenvalue weighted by molar-refractivity contribution is 6.14. The minimum absolute atomic E-state index is 0.0161. The Morgan fingerprint density at radius 2 is 2.24 bits per heavy atom. The van der Waals surface area contributed by atoms with Crippen LogP contribution in [0.5, 0.6) is 5.88 Å². The van der Waals surface area contributed by atoms with E-state index in [4.69, 9.17) is 6.57 Å². The van der Waals surface area contributed by atoms with Gasteiger partial charge in [0.2, 0.25) is 6.54 Å². The van der Waals surface area contributed by atoms with Crippen molar-refractivity contribution in [2.24, 2.45) is 4.99 Å². The van der Waals surface area contributed by atoms with Gasteiger partial charge in [-0.1, -0.05) is 6.92 Å². The molecule has 0 radical (unpaired) electrons. The average Bonchev–Trinajstić information content (AvgIpc) is 3.29. The molecule has 0 bridgehead atoms. The normalized spacial score (nSPS) is 11.8. The van der Waals surface area contributed by atoms with Crippen molar-refractivity contribution in [2.75, 3.05) is 13.1 Å². The Hall–Kier alpha value is -3.60. The van der Waals surface area contributed by atoms with E-state index in [0.29, 0.717) is 41.0 Å². The number of benzene rings is 1. The van der Waals surface area contributed by atoms with E-state index in [-0.39, 0.29) is 24.4 Å². The summed E-state index contributed by atoms with van der Waals surface area (Å²) in [6.07, 6.45) is 4.15. The first-order chi connectivity index (χ1) is 13.9. The smallest absolute Gasteiger partial charge is 0.251 e. The van der Waals surface area contributed by atoms with Gasteiger partial charge in [-0.15, -0.1) is 0 Å². The largest absolute Gasteiger partial charge is 0.494 e. The van der Waals surface area contributed by atoms with Crippen LogP contribution < -0.4 is 5.32 Å². The second-order valence-corrected chi connectivity index (χ2v) is 6.93. The molecule has 3 aromatic rings. The van der Waals surface area contributed by atoms with Crippen LogP contribution in [0.3, 0.4) is 0 Å². The quantitative estimate of drug-likeness (QED) is 0.324. The number of carbonyl (C=O) groups excluding carboxylic acids is 1. The van der Waals surface area contributed by atoms with E-state index in [0.717, 1.165) is 5.39 Å². The van der Waals surface area contributed by atoms with E-state index in [9.17, 15) is 9.90 Å². The van der Waals surface area contributed by atoms with Crippen molar-refractivity contribution in [3.8, 4) is 5.88 Å². The van der Waals surface area contributed by atoms with Crippen molar-refractivity contribution in [2.45, 2.75) is 33.2 Å². The summed E-state index contributed by atoms with van der Waals surface area (Å²) in [5.41, 5.74) is 3.16. The first-order valence-corrected chi connectivity index (χ1v) is 9.52. The molecule has 3 rings (SSSR count). The predicted octanol–water partition coefficient (Wildman–Crippen LogP) is 3.83. The van der Waals surface area contributed by atoms with Gasteiger partial charge < -0.3 is 20.3 Å². The van der Waals surface area contributed by atoms with Gasteiger partial charge in [-0.25, -0.2) is 11.6 Å². The number of carbonyl (C=O) groups is 1. The second-order valence-electron chi connectivity index (χ2n) is 6.93. The standard InChI is InChI=1S/C21H24N6O2/c1-5-17(25-15-11-24-27(12-15)13(2)3)19-16-10-14(20(28)23-9-8-22-4)6-7-18(16)26-21(19)29/h6-7,10-13,26,29H,5,8-9H2,1-3H3,(H,23,28). The number of rotatable bonds is 7. The van der Waals surface area contributed by atoms with Crippen molar-refractivity contribution < 1.29 is 9.90 Å². The lowest BCUT2D eigenvalue weighted by atomic mass is 10.0. The molecule has 1 aromatic carbocycles. The van der Waals surface area contributed by atoms with Crippen LogP contribution in [0.1, 0.15) is 49.2 Å². The van der Waals surface area contributed by atoms with Crippen LogP contribution in [0.4, 0.5) is 5.69 Å². The summed E-state index contributed by atoms with van der Waals surface area (Å²) in [5, 5.41) is 18.3. The summed E-state index contributed by atoms with van der Waals surface area (Å²) < 4.78 is 1.83. The fourth-order valence-electron chi connectivity index (χ4n) is 3.07. The fraction of sp³-hybridized carbons (Fsp3) is 0.333. The van der Waals surface area contributed by atoms with E-state index < -0.39 is 0 Å². The molecule has 0 atom stereocenters. The number of fused-ring (bicyclic) bond motifs is 1. The van der Waals surface area contributed by atoms with E-state index in [1.165, 1.54) is 0 Å². The molecule has 150 valence electrons.